The zero-order valence-electron chi connectivity index (χ0n) is 13.8. The van der Waals surface area contributed by atoms with Gasteiger partial charge < -0.3 is 14.2 Å². The van der Waals surface area contributed by atoms with Gasteiger partial charge in [-0.25, -0.2) is 9.59 Å². The Morgan fingerprint density at radius 2 is 2.12 bits per heavy atom. The number of ether oxygens (including phenoxy) is 3. The third-order valence-corrected chi connectivity index (χ3v) is 4.06. The van der Waals surface area contributed by atoms with Gasteiger partial charge in [0, 0.05) is 18.2 Å². The fraction of sp³-hybridized carbons (Fsp3) is 0.615. The molecule has 0 saturated carbocycles. The molecule has 0 amide bonds. The van der Waals surface area contributed by atoms with Crippen LogP contribution >= 0.6 is 0 Å². The number of hydrogen-bond acceptors (Lipinski definition) is 9. The minimum absolute atomic E-state index is 0.00629. The van der Waals surface area contributed by atoms with Crippen LogP contribution in [0, 0.1) is 6.92 Å². The molecule has 1 aromatic heterocycles. The first-order valence-electron chi connectivity index (χ1n) is 7.17. The van der Waals surface area contributed by atoms with Crippen LogP contribution in [0.5, 0.6) is 0 Å². The fourth-order valence-electron chi connectivity index (χ4n) is 2.36. The Morgan fingerprint density at radius 1 is 1.44 bits per heavy atom. The molecule has 3 atom stereocenters. The van der Waals surface area contributed by atoms with Crippen LogP contribution in [-0.2, 0) is 28.5 Å². The molecule has 1 N–H and O–H groups in total. The maximum atomic E-state index is 12.0. The Morgan fingerprint density at radius 3 is 2.72 bits per heavy atom. The summed E-state index contributed by atoms with van der Waals surface area (Å²) in [4.78, 5) is 36.6. The number of H-pyrrole nitrogens is 1. The van der Waals surface area contributed by atoms with E-state index in [9.17, 15) is 22.8 Å². The van der Waals surface area contributed by atoms with Crippen LogP contribution in [0.15, 0.2) is 15.8 Å². The number of methoxy groups -OCH3 is 1. The number of aromatic amines is 1. The van der Waals surface area contributed by atoms with Crippen LogP contribution in [0.4, 0.5) is 4.79 Å². The van der Waals surface area contributed by atoms with Gasteiger partial charge in [-0.1, -0.05) is 0 Å². The van der Waals surface area contributed by atoms with Gasteiger partial charge in [-0.15, -0.1) is 0 Å². The zero-order chi connectivity index (χ0) is 18.8. The van der Waals surface area contributed by atoms with Gasteiger partial charge in [0.25, 0.3) is 15.7 Å². The van der Waals surface area contributed by atoms with Crippen molar-refractivity contribution in [2.75, 3.05) is 20.0 Å². The van der Waals surface area contributed by atoms with Crippen molar-refractivity contribution in [3.05, 3.63) is 32.6 Å². The lowest BCUT2D eigenvalue weighted by atomic mass is 10.2. The molecule has 2 heterocycles. The lowest BCUT2D eigenvalue weighted by molar-refractivity contribution is -0.0526. The molecule has 25 heavy (non-hydrogen) atoms. The van der Waals surface area contributed by atoms with Gasteiger partial charge in [0.15, 0.2) is 0 Å². The molecule has 0 unspecified atom stereocenters. The molecule has 2 rings (SSSR count). The predicted molar refractivity (Wildman–Crippen MR) is 82.7 cm³/mol. The number of nitrogens with one attached hydrogen (secondary N) is 1. The third-order valence-electron chi connectivity index (χ3n) is 3.47. The predicted octanol–water partition coefficient (Wildman–Crippen LogP) is -0.740. The van der Waals surface area contributed by atoms with E-state index in [1.165, 1.54) is 13.1 Å². The molecule has 1 fully saturated rings. The normalized spacial score (nSPS) is 23.4. The molecule has 0 aliphatic carbocycles. The number of nitrogens with zero attached hydrogens (tertiary/aromatic N) is 1. The van der Waals surface area contributed by atoms with Crippen molar-refractivity contribution in [1.82, 2.24) is 9.55 Å². The van der Waals surface area contributed by atoms with Crippen LogP contribution in [0.3, 0.4) is 0 Å². The number of carbonyl (C=O) groups excluding carboxylic acids is 1. The molecule has 12 heteroatoms. The Balaban J connectivity index is 2.25. The fourth-order valence-corrected chi connectivity index (χ4v) is 3.01. The van der Waals surface area contributed by atoms with Gasteiger partial charge in [0.1, 0.15) is 25.0 Å². The topological polar surface area (TPSA) is 143 Å². The summed E-state index contributed by atoms with van der Waals surface area (Å²) in [5.74, 6) is 0. The van der Waals surface area contributed by atoms with Crippen LogP contribution < -0.4 is 11.2 Å². The van der Waals surface area contributed by atoms with Crippen molar-refractivity contribution in [1.29, 1.82) is 0 Å². The molecular formula is C13H18N2O9S. The summed E-state index contributed by atoms with van der Waals surface area (Å²) in [7, 11) is -2.69. The zero-order valence-corrected chi connectivity index (χ0v) is 14.6. The Hall–Kier alpha value is -2.18. The van der Waals surface area contributed by atoms with Crippen LogP contribution in [-0.4, -0.2) is 56.3 Å². The highest BCUT2D eigenvalue weighted by Crippen LogP contribution is 2.31. The van der Waals surface area contributed by atoms with E-state index in [0.29, 0.717) is 0 Å². The second-order valence-corrected chi connectivity index (χ2v) is 7.05. The largest absolute Gasteiger partial charge is 0.508 e. The quantitative estimate of drug-likeness (QED) is 0.517. The number of aryl methyl sites for hydroxylation is 1. The molecular weight excluding hydrogens is 360 g/mol. The average molecular weight is 378 g/mol. The maximum absolute atomic E-state index is 12.0. The van der Waals surface area contributed by atoms with E-state index >= 15 is 0 Å². The summed E-state index contributed by atoms with van der Waals surface area (Å²) in [5.41, 5.74) is -0.972. The molecule has 11 nitrogen and oxygen atoms in total. The lowest BCUT2D eigenvalue weighted by Gasteiger charge is -2.17. The molecule has 0 aromatic carbocycles. The van der Waals surface area contributed by atoms with Crippen LogP contribution in [0.1, 0.15) is 18.2 Å². The minimum Gasteiger partial charge on any atom is -0.438 e. The first-order valence-corrected chi connectivity index (χ1v) is 8.99. The molecule has 0 spiro atoms. The smallest absolute Gasteiger partial charge is 0.438 e. The van der Waals surface area contributed by atoms with E-state index in [1.807, 2.05) is 0 Å². The highest BCUT2D eigenvalue weighted by Gasteiger charge is 2.40. The molecule has 1 saturated heterocycles. The Labute approximate surface area is 142 Å². The van der Waals surface area contributed by atoms with Crippen molar-refractivity contribution < 1.29 is 31.6 Å². The monoisotopic (exact) mass is 378 g/mol. The Kier molecular flexibility index (Phi) is 5.65. The summed E-state index contributed by atoms with van der Waals surface area (Å²) in [6.45, 7) is 1.17. The number of rotatable bonds is 5. The Bertz CT molecular complexity index is 857. The number of aromatic nitrogens is 2. The van der Waals surface area contributed by atoms with Crippen molar-refractivity contribution in [3.8, 4) is 0 Å². The average Bonchev–Trinajstić information content (AvgIpc) is 2.89. The summed E-state index contributed by atoms with van der Waals surface area (Å²) in [5, 5.41) is 0. The van der Waals surface area contributed by atoms with Gasteiger partial charge in [-0.05, 0) is 6.92 Å². The SMILES string of the molecule is COC(=O)OC[C@H]1O[C@H](n2cc(C)c(=O)[nH]c2=O)C[C@H]1OS(C)(=O)=O. The van der Waals surface area contributed by atoms with Crippen molar-refractivity contribution in [3.63, 3.8) is 0 Å². The van der Waals surface area contributed by atoms with E-state index in [4.69, 9.17) is 13.7 Å². The summed E-state index contributed by atoms with van der Waals surface area (Å²) in [6.07, 6.45) is -1.64. The van der Waals surface area contributed by atoms with Gasteiger partial charge in [0.2, 0.25) is 0 Å². The third kappa shape index (κ3) is 4.90. The molecule has 1 aliphatic heterocycles. The number of hydrogen-bond donors (Lipinski definition) is 1. The van der Waals surface area contributed by atoms with Gasteiger partial charge in [-0.3, -0.25) is 18.5 Å². The van der Waals surface area contributed by atoms with Crippen molar-refractivity contribution in [2.45, 2.75) is 31.8 Å². The number of carbonyl (C=O) groups is 1. The standard InChI is InChI=1S/C13H18N2O9S/c1-7-5-15(12(17)14-11(7)16)10-4-8(24-25(3,19)20)9(23-10)6-22-13(18)21-2/h5,8-10H,4,6H2,1-3H3,(H,14,16,17)/t8-,9-,10+/m1/s1. The van der Waals surface area contributed by atoms with Gasteiger partial charge >= 0.3 is 11.8 Å². The highest BCUT2D eigenvalue weighted by atomic mass is 32.2. The summed E-state index contributed by atoms with van der Waals surface area (Å²) in [6, 6.07) is 0. The van der Waals surface area contributed by atoms with Crippen LogP contribution in [0.25, 0.3) is 0 Å². The first-order chi connectivity index (χ1) is 11.6. The molecule has 0 radical (unpaired) electrons. The lowest BCUT2D eigenvalue weighted by Crippen LogP contribution is -2.33. The molecule has 1 aromatic rings. The second kappa shape index (κ2) is 7.37. The van der Waals surface area contributed by atoms with Gasteiger partial charge in [0.05, 0.1) is 13.4 Å². The van der Waals surface area contributed by atoms with Crippen LogP contribution in [0.2, 0.25) is 0 Å². The minimum atomic E-state index is -3.81. The van der Waals surface area contributed by atoms with Crippen molar-refractivity contribution >= 4 is 16.3 Å². The van der Waals surface area contributed by atoms with E-state index in [2.05, 4.69) is 9.72 Å². The summed E-state index contributed by atoms with van der Waals surface area (Å²) < 4.78 is 43.6. The molecule has 1 aliphatic rings. The molecule has 0 bridgehead atoms. The first kappa shape index (κ1) is 19.1. The molecule has 140 valence electrons. The van der Waals surface area contributed by atoms with E-state index in [-0.39, 0.29) is 18.6 Å². The van der Waals surface area contributed by atoms with Gasteiger partial charge in [-0.2, -0.15) is 8.42 Å². The maximum Gasteiger partial charge on any atom is 0.508 e. The highest BCUT2D eigenvalue weighted by molar-refractivity contribution is 7.86. The van der Waals surface area contributed by atoms with E-state index < -0.39 is 46.0 Å². The summed E-state index contributed by atoms with van der Waals surface area (Å²) >= 11 is 0. The van der Waals surface area contributed by atoms with E-state index in [0.717, 1.165) is 17.9 Å². The van der Waals surface area contributed by atoms with Crippen molar-refractivity contribution in [2.24, 2.45) is 0 Å². The van der Waals surface area contributed by atoms with E-state index in [1.54, 1.807) is 0 Å². The second-order valence-electron chi connectivity index (χ2n) is 5.45.